The van der Waals surface area contributed by atoms with Crippen LogP contribution in [0.2, 0.25) is 0 Å². The number of anilines is 2. The maximum absolute atomic E-state index is 9.13. The summed E-state index contributed by atoms with van der Waals surface area (Å²) in [6, 6.07) is 5.79. The molecule has 1 aliphatic rings. The van der Waals surface area contributed by atoms with E-state index in [-0.39, 0.29) is 0 Å². The van der Waals surface area contributed by atoms with Crippen molar-refractivity contribution in [1.29, 1.82) is 5.26 Å². The van der Waals surface area contributed by atoms with E-state index >= 15 is 0 Å². The summed E-state index contributed by atoms with van der Waals surface area (Å²) >= 11 is 0. The lowest BCUT2D eigenvalue weighted by Gasteiger charge is -2.36. The summed E-state index contributed by atoms with van der Waals surface area (Å²) in [7, 11) is 0. The number of piperazine rings is 1. The van der Waals surface area contributed by atoms with Crippen LogP contribution in [0, 0.1) is 11.3 Å². The molecule has 0 amide bonds. The topological polar surface area (TPSA) is 68.9 Å². The first-order valence-electron chi connectivity index (χ1n) is 6.49. The molecule has 20 heavy (non-hydrogen) atoms. The van der Waals surface area contributed by atoms with Gasteiger partial charge in [0.25, 0.3) is 0 Å². The summed E-state index contributed by atoms with van der Waals surface area (Å²) in [5.41, 5.74) is 0.625. The van der Waals surface area contributed by atoms with Crippen molar-refractivity contribution < 1.29 is 0 Å². The summed E-state index contributed by atoms with van der Waals surface area (Å²) in [6.45, 7) is 3.34. The van der Waals surface area contributed by atoms with Gasteiger partial charge in [0.1, 0.15) is 17.7 Å². The number of nitrogens with zero attached hydrogens (tertiary/aromatic N) is 6. The van der Waals surface area contributed by atoms with Gasteiger partial charge in [0.15, 0.2) is 0 Å². The summed E-state index contributed by atoms with van der Waals surface area (Å²) in [4.78, 5) is 17.1. The molecule has 0 bridgehead atoms. The average Bonchev–Trinajstić information content (AvgIpc) is 2.56. The highest BCUT2D eigenvalue weighted by atomic mass is 15.3. The van der Waals surface area contributed by atoms with Gasteiger partial charge in [-0.05, 0) is 12.1 Å². The predicted molar refractivity (Wildman–Crippen MR) is 75.4 cm³/mol. The summed E-state index contributed by atoms with van der Waals surface area (Å²) in [5.74, 6) is 1.67. The van der Waals surface area contributed by atoms with Crippen molar-refractivity contribution in [2.45, 2.75) is 0 Å². The van der Waals surface area contributed by atoms with Crippen LogP contribution in [0.4, 0.5) is 11.6 Å². The molecule has 0 N–H and O–H groups in total. The molecule has 2 aromatic heterocycles. The molecule has 0 aromatic carbocycles. The van der Waals surface area contributed by atoms with Crippen molar-refractivity contribution in [2.75, 3.05) is 36.0 Å². The first-order chi connectivity index (χ1) is 9.88. The molecule has 0 atom stereocenters. The lowest BCUT2D eigenvalue weighted by atomic mass is 10.2. The number of pyridine rings is 1. The molecule has 6 nitrogen and oxygen atoms in total. The van der Waals surface area contributed by atoms with Crippen LogP contribution in [-0.2, 0) is 0 Å². The van der Waals surface area contributed by atoms with Crippen LogP contribution in [0.5, 0.6) is 0 Å². The lowest BCUT2D eigenvalue weighted by Crippen LogP contribution is -2.47. The highest BCUT2D eigenvalue weighted by Gasteiger charge is 2.20. The van der Waals surface area contributed by atoms with Crippen molar-refractivity contribution in [3.63, 3.8) is 0 Å². The smallest absolute Gasteiger partial charge is 0.147 e. The highest BCUT2D eigenvalue weighted by Crippen LogP contribution is 2.19. The Morgan fingerprint density at radius 2 is 1.80 bits per heavy atom. The van der Waals surface area contributed by atoms with E-state index < -0.39 is 0 Å². The van der Waals surface area contributed by atoms with Crippen molar-refractivity contribution >= 4 is 11.6 Å². The highest BCUT2D eigenvalue weighted by molar-refractivity contribution is 5.54. The monoisotopic (exact) mass is 266 g/mol. The van der Waals surface area contributed by atoms with Crippen molar-refractivity contribution in [2.24, 2.45) is 0 Å². The predicted octanol–water partition coefficient (Wildman–Crippen LogP) is 1.07. The molecule has 0 unspecified atom stereocenters. The molecule has 0 spiro atoms. The minimum atomic E-state index is 0.625. The lowest BCUT2D eigenvalue weighted by molar-refractivity contribution is 0.640. The Kier molecular flexibility index (Phi) is 3.42. The second kappa shape index (κ2) is 5.53. The van der Waals surface area contributed by atoms with E-state index in [1.807, 2.05) is 0 Å². The van der Waals surface area contributed by atoms with Gasteiger partial charge in [-0.3, -0.25) is 4.98 Å². The maximum atomic E-state index is 9.13. The van der Waals surface area contributed by atoms with Crippen LogP contribution in [-0.4, -0.2) is 41.1 Å². The van der Waals surface area contributed by atoms with Gasteiger partial charge in [-0.1, -0.05) is 0 Å². The molecule has 0 radical (unpaired) electrons. The normalized spacial score (nSPS) is 14.9. The molecule has 1 saturated heterocycles. The van der Waals surface area contributed by atoms with E-state index in [2.05, 4.69) is 30.8 Å². The number of rotatable bonds is 2. The van der Waals surface area contributed by atoms with Gasteiger partial charge in [0.05, 0.1) is 11.8 Å². The van der Waals surface area contributed by atoms with Gasteiger partial charge in [0, 0.05) is 44.8 Å². The molecule has 0 saturated carbocycles. The SMILES string of the molecule is N#Cc1cccnc1N1CCN(c2cnccn2)CC1. The average molecular weight is 266 g/mol. The van der Waals surface area contributed by atoms with Crippen LogP contribution in [0.15, 0.2) is 36.9 Å². The Bertz CT molecular complexity index is 613. The standard InChI is InChI=1S/C14H14N6/c15-10-12-2-1-3-18-14(12)20-8-6-19(7-9-20)13-11-16-4-5-17-13/h1-5,11H,6-9H2. The second-order valence-electron chi connectivity index (χ2n) is 4.52. The van der Waals surface area contributed by atoms with Crippen LogP contribution < -0.4 is 9.80 Å². The third-order valence-corrected chi connectivity index (χ3v) is 3.36. The van der Waals surface area contributed by atoms with E-state index in [0.29, 0.717) is 5.56 Å². The fourth-order valence-corrected chi connectivity index (χ4v) is 2.34. The third-order valence-electron chi connectivity index (χ3n) is 3.36. The van der Waals surface area contributed by atoms with Gasteiger partial charge in [-0.25, -0.2) is 9.97 Å². The Balaban J connectivity index is 1.72. The van der Waals surface area contributed by atoms with Gasteiger partial charge in [-0.15, -0.1) is 0 Å². The zero-order chi connectivity index (χ0) is 13.8. The maximum Gasteiger partial charge on any atom is 0.147 e. The van der Waals surface area contributed by atoms with Gasteiger partial charge in [-0.2, -0.15) is 5.26 Å². The number of hydrogen-bond acceptors (Lipinski definition) is 6. The molecule has 6 heteroatoms. The zero-order valence-electron chi connectivity index (χ0n) is 11.0. The fraction of sp³-hybridized carbons (Fsp3) is 0.286. The van der Waals surface area contributed by atoms with Crippen LogP contribution in [0.25, 0.3) is 0 Å². The van der Waals surface area contributed by atoms with E-state index in [0.717, 1.165) is 37.8 Å². The van der Waals surface area contributed by atoms with Crippen molar-refractivity contribution in [1.82, 2.24) is 15.0 Å². The molecular formula is C14H14N6. The molecule has 100 valence electrons. The second-order valence-corrected chi connectivity index (χ2v) is 4.52. The molecule has 2 aromatic rings. The molecule has 3 rings (SSSR count). The number of nitriles is 1. The van der Waals surface area contributed by atoms with Gasteiger partial charge < -0.3 is 9.80 Å². The van der Waals surface area contributed by atoms with E-state index in [9.17, 15) is 0 Å². The summed E-state index contributed by atoms with van der Waals surface area (Å²) in [6.07, 6.45) is 6.88. The largest absolute Gasteiger partial charge is 0.352 e. The molecular weight excluding hydrogens is 252 g/mol. The zero-order valence-corrected chi connectivity index (χ0v) is 11.0. The minimum Gasteiger partial charge on any atom is -0.352 e. The Morgan fingerprint density at radius 1 is 1.00 bits per heavy atom. The first kappa shape index (κ1) is 12.4. The van der Waals surface area contributed by atoms with Crippen molar-refractivity contribution in [3.05, 3.63) is 42.5 Å². The summed E-state index contributed by atoms with van der Waals surface area (Å²) < 4.78 is 0. The van der Waals surface area contributed by atoms with Gasteiger partial charge >= 0.3 is 0 Å². The van der Waals surface area contributed by atoms with Crippen molar-refractivity contribution in [3.8, 4) is 6.07 Å². The Hall–Kier alpha value is -2.68. The number of aromatic nitrogens is 3. The minimum absolute atomic E-state index is 0.625. The summed E-state index contributed by atoms with van der Waals surface area (Å²) in [5, 5.41) is 9.13. The van der Waals surface area contributed by atoms with E-state index in [1.165, 1.54) is 0 Å². The first-order valence-corrected chi connectivity index (χ1v) is 6.49. The van der Waals surface area contributed by atoms with Crippen LogP contribution in [0.1, 0.15) is 5.56 Å². The molecule has 3 heterocycles. The Labute approximate surface area is 117 Å². The number of hydrogen-bond donors (Lipinski definition) is 0. The van der Waals surface area contributed by atoms with Gasteiger partial charge in [0.2, 0.25) is 0 Å². The van der Waals surface area contributed by atoms with Crippen LogP contribution >= 0.6 is 0 Å². The van der Waals surface area contributed by atoms with E-state index in [1.54, 1.807) is 36.9 Å². The molecule has 1 fully saturated rings. The Morgan fingerprint density at radius 3 is 2.50 bits per heavy atom. The molecule has 1 aliphatic heterocycles. The molecule has 0 aliphatic carbocycles. The van der Waals surface area contributed by atoms with Crippen LogP contribution in [0.3, 0.4) is 0 Å². The fourth-order valence-electron chi connectivity index (χ4n) is 2.34. The van der Waals surface area contributed by atoms with E-state index in [4.69, 9.17) is 5.26 Å². The quantitative estimate of drug-likeness (QED) is 0.810. The third kappa shape index (κ3) is 2.38.